The SMILES string of the molecule is COc1ccc(-c2cnc(N3CCOCC3)cc2Nc2c(C)c(-c3cc(C)ccn3)nc3cc(F)cc(F)c23)cc1F. The van der Waals surface area contributed by atoms with Crippen molar-refractivity contribution in [1.29, 1.82) is 0 Å². The zero-order valence-corrected chi connectivity index (χ0v) is 23.3. The van der Waals surface area contributed by atoms with E-state index < -0.39 is 17.5 Å². The highest BCUT2D eigenvalue weighted by molar-refractivity contribution is 5.99. The first kappa shape index (κ1) is 27.5. The predicted molar refractivity (Wildman–Crippen MR) is 157 cm³/mol. The lowest BCUT2D eigenvalue weighted by atomic mass is 10.0. The molecule has 1 saturated heterocycles. The summed E-state index contributed by atoms with van der Waals surface area (Å²) in [7, 11) is 1.40. The number of pyridine rings is 3. The van der Waals surface area contributed by atoms with Gasteiger partial charge in [0.1, 0.15) is 17.5 Å². The predicted octanol–water partition coefficient (Wildman–Crippen LogP) is 6.98. The first-order valence-corrected chi connectivity index (χ1v) is 13.5. The van der Waals surface area contributed by atoms with Crippen molar-refractivity contribution in [1.82, 2.24) is 15.0 Å². The summed E-state index contributed by atoms with van der Waals surface area (Å²) < 4.78 is 55.3. The van der Waals surface area contributed by atoms with Gasteiger partial charge < -0.3 is 19.7 Å². The van der Waals surface area contributed by atoms with Crippen molar-refractivity contribution < 1.29 is 22.6 Å². The lowest BCUT2D eigenvalue weighted by Gasteiger charge is -2.28. The number of nitrogens with one attached hydrogen (secondary N) is 1. The number of anilines is 3. The molecule has 0 aliphatic carbocycles. The normalized spacial score (nSPS) is 13.4. The number of aromatic nitrogens is 3. The summed E-state index contributed by atoms with van der Waals surface area (Å²) in [6.07, 6.45) is 3.33. The lowest BCUT2D eigenvalue weighted by molar-refractivity contribution is 0.122. The Morgan fingerprint density at radius 2 is 1.74 bits per heavy atom. The van der Waals surface area contributed by atoms with Gasteiger partial charge in [-0.2, -0.15) is 0 Å². The summed E-state index contributed by atoms with van der Waals surface area (Å²) in [5, 5.41) is 3.54. The first-order valence-electron chi connectivity index (χ1n) is 13.5. The molecule has 1 aliphatic heterocycles. The van der Waals surface area contributed by atoms with Gasteiger partial charge in [0.25, 0.3) is 0 Å². The molecule has 4 heterocycles. The minimum atomic E-state index is -0.758. The fraction of sp³-hybridized carbons (Fsp3) is 0.219. The monoisotopic (exact) mass is 571 g/mol. The van der Waals surface area contributed by atoms with E-state index in [9.17, 15) is 8.78 Å². The second kappa shape index (κ2) is 11.3. The van der Waals surface area contributed by atoms with E-state index in [1.54, 1.807) is 24.5 Å². The molecule has 0 amide bonds. The average molecular weight is 572 g/mol. The molecule has 6 rings (SSSR count). The summed E-state index contributed by atoms with van der Waals surface area (Å²) in [5.74, 6) is -1.23. The van der Waals surface area contributed by atoms with Crippen LogP contribution in [0.5, 0.6) is 5.75 Å². The number of morpholine rings is 1. The van der Waals surface area contributed by atoms with Gasteiger partial charge in [0, 0.05) is 54.8 Å². The zero-order valence-electron chi connectivity index (χ0n) is 23.3. The average Bonchev–Trinajstić information content (AvgIpc) is 2.98. The summed E-state index contributed by atoms with van der Waals surface area (Å²) in [5.41, 5.74) is 4.84. The number of methoxy groups -OCH3 is 1. The highest BCUT2D eigenvalue weighted by Gasteiger charge is 2.22. The van der Waals surface area contributed by atoms with Crippen LogP contribution in [-0.4, -0.2) is 48.4 Å². The fourth-order valence-electron chi connectivity index (χ4n) is 5.19. The van der Waals surface area contributed by atoms with E-state index in [2.05, 4.69) is 25.2 Å². The summed E-state index contributed by atoms with van der Waals surface area (Å²) in [6, 6.07) is 12.3. The molecule has 1 aliphatic rings. The maximum atomic E-state index is 15.5. The van der Waals surface area contributed by atoms with Gasteiger partial charge in [-0.05, 0) is 49.2 Å². The van der Waals surface area contributed by atoms with Crippen LogP contribution in [0.3, 0.4) is 0 Å². The van der Waals surface area contributed by atoms with Crippen LogP contribution in [-0.2, 0) is 4.74 Å². The summed E-state index contributed by atoms with van der Waals surface area (Å²) in [4.78, 5) is 15.9. The van der Waals surface area contributed by atoms with Crippen molar-refractivity contribution >= 4 is 28.1 Å². The smallest absolute Gasteiger partial charge is 0.165 e. The number of hydrogen-bond donors (Lipinski definition) is 1. The van der Waals surface area contributed by atoms with Crippen LogP contribution >= 0.6 is 0 Å². The van der Waals surface area contributed by atoms with Crippen molar-refractivity contribution in [2.24, 2.45) is 0 Å². The van der Waals surface area contributed by atoms with E-state index in [0.29, 0.717) is 71.6 Å². The maximum Gasteiger partial charge on any atom is 0.165 e. The van der Waals surface area contributed by atoms with Gasteiger partial charge >= 0.3 is 0 Å². The second-order valence-corrected chi connectivity index (χ2v) is 10.1. The number of nitrogens with zero attached hydrogens (tertiary/aromatic N) is 4. The van der Waals surface area contributed by atoms with E-state index in [1.165, 1.54) is 19.2 Å². The summed E-state index contributed by atoms with van der Waals surface area (Å²) in [6.45, 7) is 6.17. The molecule has 42 heavy (non-hydrogen) atoms. The number of halogens is 3. The molecule has 2 aromatic carbocycles. The van der Waals surface area contributed by atoms with Crippen LogP contribution in [0, 0.1) is 31.3 Å². The quantitative estimate of drug-likeness (QED) is 0.236. The standard InChI is InChI=1S/C32H28F3N5O2/c1-18-6-7-36-27(12-18)31-19(2)32(30-24(35)14-21(33)15-26(30)39-31)38-25-16-29(40-8-10-42-11-9-40)37-17-22(25)20-4-5-28(41-3)23(34)13-20/h4-7,12-17H,8-11H2,1-3H3,(H,37,38,39). The van der Waals surface area contributed by atoms with Crippen molar-refractivity contribution in [2.45, 2.75) is 13.8 Å². The molecule has 0 spiro atoms. The van der Waals surface area contributed by atoms with Gasteiger partial charge in [0.2, 0.25) is 0 Å². The minimum absolute atomic E-state index is 0.113. The van der Waals surface area contributed by atoms with Gasteiger partial charge in [-0.15, -0.1) is 0 Å². The molecule has 1 fully saturated rings. The molecule has 5 aromatic rings. The Kier molecular flexibility index (Phi) is 7.38. The van der Waals surface area contributed by atoms with Crippen molar-refractivity contribution in [3.8, 4) is 28.3 Å². The van der Waals surface area contributed by atoms with Crippen molar-refractivity contribution in [2.75, 3.05) is 43.6 Å². The van der Waals surface area contributed by atoms with E-state index >= 15 is 4.39 Å². The molecule has 0 radical (unpaired) electrons. The molecule has 0 atom stereocenters. The van der Waals surface area contributed by atoms with Crippen molar-refractivity contribution in [3.05, 3.63) is 89.5 Å². The topological polar surface area (TPSA) is 72.4 Å². The van der Waals surface area contributed by atoms with Crippen LogP contribution in [0.15, 0.2) is 60.9 Å². The number of rotatable bonds is 6. The Balaban J connectivity index is 1.57. The van der Waals surface area contributed by atoms with E-state index in [4.69, 9.17) is 9.47 Å². The van der Waals surface area contributed by atoms with Crippen LogP contribution < -0.4 is 15.0 Å². The molecule has 3 aromatic heterocycles. The van der Waals surface area contributed by atoms with Crippen LogP contribution in [0.2, 0.25) is 0 Å². The first-order chi connectivity index (χ1) is 20.3. The third-order valence-electron chi connectivity index (χ3n) is 7.35. The number of ether oxygens (including phenoxy) is 2. The molecule has 10 heteroatoms. The highest BCUT2D eigenvalue weighted by Crippen LogP contribution is 2.40. The van der Waals surface area contributed by atoms with E-state index in [-0.39, 0.29) is 16.7 Å². The Morgan fingerprint density at radius 1 is 0.929 bits per heavy atom. The third-order valence-corrected chi connectivity index (χ3v) is 7.35. The molecule has 0 saturated carbocycles. The van der Waals surface area contributed by atoms with Gasteiger partial charge in [0.05, 0.1) is 54.0 Å². The highest BCUT2D eigenvalue weighted by atomic mass is 19.1. The van der Waals surface area contributed by atoms with Gasteiger partial charge in [-0.3, -0.25) is 4.98 Å². The molecular weight excluding hydrogens is 543 g/mol. The number of fused-ring (bicyclic) bond motifs is 1. The largest absolute Gasteiger partial charge is 0.494 e. The van der Waals surface area contributed by atoms with E-state index in [1.807, 2.05) is 32.0 Å². The van der Waals surface area contributed by atoms with Crippen molar-refractivity contribution in [3.63, 3.8) is 0 Å². The Morgan fingerprint density at radius 3 is 2.48 bits per heavy atom. The Labute approximate surface area is 241 Å². The Hall–Kier alpha value is -4.70. The Bertz CT molecular complexity index is 1810. The molecule has 1 N–H and O–H groups in total. The molecular formula is C32H28F3N5O2. The second-order valence-electron chi connectivity index (χ2n) is 10.1. The van der Waals surface area contributed by atoms with Gasteiger partial charge in [0.15, 0.2) is 11.6 Å². The number of benzene rings is 2. The van der Waals surface area contributed by atoms with Gasteiger partial charge in [-0.25, -0.2) is 23.1 Å². The maximum absolute atomic E-state index is 15.5. The minimum Gasteiger partial charge on any atom is -0.494 e. The fourth-order valence-corrected chi connectivity index (χ4v) is 5.19. The lowest BCUT2D eigenvalue weighted by Crippen LogP contribution is -2.36. The summed E-state index contributed by atoms with van der Waals surface area (Å²) >= 11 is 0. The molecule has 214 valence electrons. The molecule has 7 nitrogen and oxygen atoms in total. The van der Waals surface area contributed by atoms with Crippen LogP contribution in [0.25, 0.3) is 33.4 Å². The number of aryl methyl sites for hydroxylation is 1. The van der Waals surface area contributed by atoms with Crippen LogP contribution in [0.4, 0.5) is 30.4 Å². The van der Waals surface area contributed by atoms with Crippen LogP contribution in [0.1, 0.15) is 11.1 Å². The number of hydrogen-bond acceptors (Lipinski definition) is 7. The zero-order chi connectivity index (χ0) is 29.4. The van der Waals surface area contributed by atoms with Gasteiger partial charge in [-0.1, -0.05) is 6.07 Å². The van der Waals surface area contributed by atoms with E-state index in [0.717, 1.165) is 11.6 Å². The molecule has 0 unspecified atom stereocenters. The third kappa shape index (κ3) is 5.21. The molecule has 0 bridgehead atoms.